The fourth-order valence-electron chi connectivity index (χ4n) is 2.57. The lowest BCUT2D eigenvalue weighted by Crippen LogP contribution is -2.09. The number of hydrogen-bond acceptors (Lipinski definition) is 5. The number of nitrogens with zero attached hydrogens (tertiary/aromatic N) is 1. The Kier molecular flexibility index (Phi) is 3.99. The Morgan fingerprint density at radius 3 is 2.78 bits per heavy atom. The molecule has 118 valence electrons. The van der Waals surface area contributed by atoms with Crippen molar-refractivity contribution in [1.29, 1.82) is 0 Å². The van der Waals surface area contributed by atoms with E-state index in [-0.39, 0.29) is 5.69 Å². The predicted molar refractivity (Wildman–Crippen MR) is 84.5 cm³/mol. The van der Waals surface area contributed by atoms with Crippen LogP contribution in [0.1, 0.15) is 27.7 Å². The first-order valence-electron chi connectivity index (χ1n) is 7.01. The van der Waals surface area contributed by atoms with Crippen molar-refractivity contribution in [2.24, 2.45) is 0 Å². The van der Waals surface area contributed by atoms with Gasteiger partial charge in [0.15, 0.2) is 0 Å². The van der Waals surface area contributed by atoms with Crippen molar-refractivity contribution in [1.82, 2.24) is 9.97 Å². The molecule has 1 aromatic carbocycles. The normalized spacial score (nSPS) is 12.1. The summed E-state index contributed by atoms with van der Waals surface area (Å²) in [6.07, 6.45) is 2.17. The standard InChI is InChI=1S/C17H16N2O4/c1-22-11-5-6-13-12(8-11)14(15(19-13)17(21)23-2)16(20)10-4-3-7-18-9-10/h3-9,16,19-20H,1-2H3. The molecule has 1 unspecified atom stereocenters. The minimum absolute atomic E-state index is 0.215. The van der Waals surface area contributed by atoms with Crippen LogP contribution in [0.25, 0.3) is 10.9 Å². The van der Waals surface area contributed by atoms with Gasteiger partial charge in [-0.25, -0.2) is 4.79 Å². The Labute approximate surface area is 132 Å². The van der Waals surface area contributed by atoms with E-state index >= 15 is 0 Å². The van der Waals surface area contributed by atoms with Crippen LogP contribution in [0.5, 0.6) is 5.75 Å². The number of aromatic nitrogens is 2. The molecule has 6 heteroatoms. The molecule has 0 aliphatic carbocycles. The van der Waals surface area contributed by atoms with Crippen molar-refractivity contribution in [2.75, 3.05) is 14.2 Å². The second-order valence-electron chi connectivity index (χ2n) is 5.01. The highest BCUT2D eigenvalue weighted by Gasteiger charge is 2.25. The fraction of sp³-hybridized carbons (Fsp3) is 0.176. The number of aliphatic hydroxyl groups is 1. The maximum atomic E-state index is 12.1. The van der Waals surface area contributed by atoms with Crippen molar-refractivity contribution in [2.45, 2.75) is 6.10 Å². The molecule has 2 N–H and O–H groups in total. The van der Waals surface area contributed by atoms with Crippen molar-refractivity contribution in [3.63, 3.8) is 0 Å². The fourth-order valence-corrected chi connectivity index (χ4v) is 2.57. The molecule has 0 spiro atoms. The number of aliphatic hydroxyl groups excluding tert-OH is 1. The predicted octanol–water partition coefficient (Wildman–Crippen LogP) is 2.44. The Bertz CT molecular complexity index is 842. The van der Waals surface area contributed by atoms with Gasteiger partial charge in [0.05, 0.1) is 14.2 Å². The monoisotopic (exact) mass is 312 g/mol. The van der Waals surface area contributed by atoms with E-state index in [0.29, 0.717) is 27.8 Å². The van der Waals surface area contributed by atoms with Gasteiger partial charge in [0.2, 0.25) is 0 Å². The number of aromatic amines is 1. The smallest absolute Gasteiger partial charge is 0.354 e. The van der Waals surface area contributed by atoms with Crippen LogP contribution in [0, 0.1) is 0 Å². The van der Waals surface area contributed by atoms with Crippen molar-refractivity contribution in [3.8, 4) is 5.75 Å². The van der Waals surface area contributed by atoms with E-state index in [1.54, 1.807) is 49.8 Å². The molecule has 2 aromatic heterocycles. The maximum absolute atomic E-state index is 12.1. The zero-order valence-electron chi connectivity index (χ0n) is 12.7. The zero-order chi connectivity index (χ0) is 16.4. The van der Waals surface area contributed by atoms with Crippen LogP contribution in [0.15, 0.2) is 42.7 Å². The number of nitrogens with one attached hydrogen (secondary N) is 1. The first-order valence-corrected chi connectivity index (χ1v) is 7.01. The van der Waals surface area contributed by atoms with Crippen LogP contribution in [-0.4, -0.2) is 35.3 Å². The van der Waals surface area contributed by atoms with Gasteiger partial charge in [0, 0.05) is 34.4 Å². The van der Waals surface area contributed by atoms with Crippen LogP contribution in [0.2, 0.25) is 0 Å². The second kappa shape index (κ2) is 6.10. The van der Waals surface area contributed by atoms with Gasteiger partial charge < -0.3 is 19.6 Å². The van der Waals surface area contributed by atoms with Crippen LogP contribution in [0.3, 0.4) is 0 Å². The van der Waals surface area contributed by atoms with E-state index in [1.165, 1.54) is 7.11 Å². The Hall–Kier alpha value is -2.86. The Morgan fingerprint density at radius 2 is 2.13 bits per heavy atom. The molecule has 6 nitrogen and oxygen atoms in total. The van der Waals surface area contributed by atoms with Crippen LogP contribution < -0.4 is 4.74 Å². The number of carbonyl (C=O) groups is 1. The van der Waals surface area contributed by atoms with Crippen LogP contribution in [-0.2, 0) is 4.74 Å². The first kappa shape index (κ1) is 15.1. The van der Waals surface area contributed by atoms with Gasteiger partial charge >= 0.3 is 5.97 Å². The average Bonchev–Trinajstić information content (AvgIpc) is 2.99. The van der Waals surface area contributed by atoms with Gasteiger partial charge in [-0.2, -0.15) is 0 Å². The molecule has 0 saturated carbocycles. The summed E-state index contributed by atoms with van der Waals surface area (Å²) < 4.78 is 10.1. The van der Waals surface area contributed by atoms with E-state index in [4.69, 9.17) is 9.47 Å². The van der Waals surface area contributed by atoms with Gasteiger partial charge in [0.1, 0.15) is 17.5 Å². The molecule has 1 atom stereocenters. The molecular weight excluding hydrogens is 296 g/mol. The molecule has 23 heavy (non-hydrogen) atoms. The van der Waals surface area contributed by atoms with E-state index in [9.17, 15) is 9.90 Å². The highest BCUT2D eigenvalue weighted by molar-refractivity contribution is 5.99. The number of hydrogen-bond donors (Lipinski definition) is 2. The summed E-state index contributed by atoms with van der Waals surface area (Å²) in [5.41, 5.74) is 1.95. The molecule has 2 heterocycles. The molecule has 0 aliphatic heterocycles. The summed E-state index contributed by atoms with van der Waals surface area (Å²) in [4.78, 5) is 19.1. The van der Waals surface area contributed by atoms with Gasteiger partial charge in [-0.3, -0.25) is 4.98 Å². The minimum atomic E-state index is -1.02. The van der Waals surface area contributed by atoms with Gasteiger partial charge in [-0.05, 0) is 24.3 Å². The third-order valence-electron chi connectivity index (χ3n) is 3.71. The maximum Gasteiger partial charge on any atom is 0.354 e. The third kappa shape index (κ3) is 2.64. The highest BCUT2D eigenvalue weighted by Crippen LogP contribution is 2.34. The van der Waals surface area contributed by atoms with Crippen LogP contribution >= 0.6 is 0 Å². The Balaban J connectivity index is 2.24. The molecule has 3 rings (SSSR count). The number of rotatable bonds is 4. The van der Waals surface area contributed by atoms with Gasteiger partial charge in [-0.15, -0.1) is 0 Å². The summed E-state index contributed by atoms with van der Waals surface area (Å²) >= 11 is 0. The average molecular weight is 312 g/mol. The third-order valence-corrected chi connectivity index (χ3v) is 3.71. The SMILES string of the molecule is COC(=O)c1[nH]c2ccc(OC)cc2c1C(O)c1cccnc1. The molecule has 0 saturated heterocycles. The summed E-state index contributed by atoms with van der Waals surface area (Å²) in [5, 5.41) is 11.5. The van der Waals surface area contributed by atoms with Crippen molar-refractivity contribution in [3.05, 3.63) is 59.5 Å². The molecule has 0 fully saturated rings. The molecule has 0 aliphatic rings. The zero-order valence-corrected chi connectivity index (χ0v) is 12.7. The number of carbonyl (C=O) groups excluding carboxylic acids is 1. The second-order valence-corrected chi connectivity index (χ2v) is 5.01. The lowest BCUT2D eigenvalue weighted by Gasteiger charge is -2.12. The number of benzene rings is 1. The molecule has 3 aromatic rings. The number of esters is 1. The number of methoxy groups -OCH3 is 2. The number of ether oxygens (including phenoxy) is 2. The highest BCUT2D eigenvalue weighted by atomic mass is 16.5. The summed E-state index contributed by atoms with van der Waals surface area (Å²) in [7, 11) is 2.86. The van der Waals surface area contributed by atoms with Crippen LogP contribution in [0.4, 0.5) is 0 Å². The first-order chi connectivity index (χ1) is 11.2. The lowest BCUT2D eigenvalue weighted by atomic mass is 9.99. The molecular formula is C17H16N2O4. The van der Waals surface area contributed by atoms with E-state index in [2.05, 4.69) is 9.97 Å². The molecule has 0 bridgehead atoms. The number of fused-ring (bicyclic) bond motifs is 1. The van der Waals surface area contributed by atoms with Crippen molar-refractivity contribution < 1.29 is 19.4 Å². The number of pyridine rings is 1. The summed E-state index contributed by atoms with van der Waals surface area (Å²) in [6, 6.07) is 8.82. The van der Waals surface area contributed by atoms with Gasteiger partial charge in [0.25, 0.3) is 0 Å². The molecule has 0 amide bonds. The summed E-state index contributed by atoms with van der Waals surface area (Å²) in [5.74, 6) is 0.0886. The Morgan fingerprint density at radius 1 is 1.30 bits per heavy atom. The molecule has 0 radical (unpaired) electrons. The van der Waals surface area contributed by atoms with Gasteiger partial charge in [-0.1, -0.05) is 6.07 Å². The lowest BCUT2D eigenvalue weighted by molar-refractivity contribution is 0.0589. The minimum Gasteiger partial charge on any atom is -0.497 e. The van der Waals surface area contributed by atoms with E-state index in [1.807, 2.05) is 0 Å². The topological polar surface area (TPSA) is 84.4 Å². The summed E-state index contributed by atoms with van der Waals surface area (Å²) in [6.45, 7) is 0. The number of H-pyrrole nitrogens is 1. The quantitative estimate of drug-likeness (QED) is 0.723. The van der Waals surface area contributed by atoms with E-state index in [0.717, 1.165) is 0 Å². The van der Waals surface area contributed by atoms with E-state index < -0.39 is 12.1 Å². The van der Waals surface area contributed by atoms with Crippen molar-refractivity contribution >= 4 is 16.9 Å². The largest absolute Gasteiger partial charge is 0.497 e.